The first-order valence-corrected chi connectivity index (χ1v) is 6.40. The van der Waals surface area contributed by atoms with Crippen molar-refractivity contribution in [3.63, 3.8) is 0 Å². The Labute approximate surface area is 103 Å². The van der Waals surface area contributed by atoms with Crippen molar-refractivity contribution < 1.29 is 14.3 Å². The Hall–Kier alpha value is -1.06. The Morgan fingerprint density at radius 3 is 2.41 bits per heavy atom. The second-order valence-electron chi connectivity index (χ2n) is 5.27. The van der Waals surface area contributed by atoms with Gasteiger partial charge in [-0.1, -0.05) is 20.3 Å². The van der Waals surface area contributed by atoms with Crippen LogP contribution in [0.2, 0.25) is 0 Å². The number of methoxy groups -OCH3 is 1. The lowest BCUT2D eigenvalue weighted by atomic mass is 9.83. The molecule has 1 saturated carbocycles. The predicted octanol–water partition coefficient (Wildman–Crippen LogP) is 1.88. The first-order valence-electron chi connectivity index (χ1n) is 6.40. The van der Waals surface area contributed by atoms with E-state index in [0.29, 0.717) is 24.7 Å². The molecule has 0 aliphatic heterocycles. The van der Waals surface area contributed by atoms with Crippen LogP contribution in [0.25, 0.3) is 0 Å². The number of esters is 1. The molecule has 0 bridgehead atoms. The molecule has 0 radical (unpaired) electrons. The lowest BCUT2D eigenvalue weighted by Gasteiger charge is -2.26. The molecule has 17 heavy (non-hydrogen) atoms. The maximum absolute atomic E-state index is 11.7. The molecular formula is C13H23NO3. The Kier molecular flexibility index (Phi) is 5.45. The number of carbonyl (C=O) groups is 2. The lowest BCUT2D eigenvalue weighted by molar-refractivity contribution is -0.145. The summed E-state index contributed by atoms with van der Waals surface area (Å²) in [6, 6.07) is -0.493. The van der Waals surface area contributed by atoms with Gasteiger partial charge in [-0.15, -0.1) is 0 Å². The van der Waals surface area contributed by atoms with Crippen LogP contribution in [0.15, 0.2) is 0 Å². The molecular weight excluding hydrogens is 218 g/mol. The van der Waals surface area contributed by atoms with Crippen LogP contribution in [0.5, 0.6) is 0 Å². The van der Waals surface area contributed by atoms with Crippen molar-refractivity contribution in [3.05, 3.63) is 0 Å². The van der Waals surface area contributed by atoms with Crippen LogP contribution in [-0.4, -0.2) is 25.0 Å². The van der Waals surface area contributed by atoms with Gasteiger partial charge in [-0.3, -0.25) is 4.79 Å². The van der Waals surface area contributed by atoms with Gasteiger partial charge in [-0.2, -0.15) is 0 Å². The van der Waals surface area contributed by atoms with E-state index in [4.69, 9.17) is 4.74 Å². The summed E-state index contributed by atoms with van der Waals surface area (Å²) in [4.78, 5) is 23.3. The van der Waals surface area contributed by atoms with Crippen molar-refractivity contribution in [2.24, 2.45) is 11.8 Å². The molecule has 1 fully saturated rings. The maximum atomic E-state index is 11.7. The van der Waals surface area contributed by atoms with Gasteiger partial charge in [0, 0.05) is 6.42 Å². The first kappa shape index (κ1) is 14.0. The van der Waals surface area contributed by atoms with Crippen LogP contribution in [0, 0.1) is 11.8 Å². The molecule has 0 aromatic carbocycles. The first-order chi connectivity index (χ1) is 8.02. The van der Waals surface area contributed by atoms with Gasteiger partial charge in [0.05, 0.1) is 7.11 Å². The molecule has 1 atom stereocenters. The Morgan fingerprint density at radius 2 is 2.00 bits per heavy atom. The summed E-state index contributed by atoms with van der Waals surface area (Å²) >= 11 is 0. The number of amides is 1. The third-order valence-corrected chi connectivity index (χ3v) is 3.23. The SMILES string of the molecule is COC(=O)C(CC(C)C)NC(=O)CC1CCC1. The van der Waals surface area contributed by atoms with Crippen molar-refractivity contribution in [1.82, 2.24) is 5.32 Å². The number of carbonyl (C=O) groups excluding carboxylic acids is 2. The molecule has 0 aromatic heterocycles. The standard InChI is InChI=1S/C13H23NO3/c1-9(2)7-11(13(16)17-3)14-12(15)8-10-5-4-6-10/h9-11H,4-8H2,1-3H3,(H,14,15). The maximum Gasteiger partial charge on any atom is 0.328 e. The topological polar surface area (TPSA) is 55.4 Å². The van der Waals surface area contributed by atoms with Crippen LogP contribution >= 0.6 is 0 Å². The van der Waals surface area contributed by atoms with Crippen molar-refractivity contribution in [1.29, 1.82) is 0 Å². The molecule has 1 aliphatic carbocycles. The Bertz CT molecular complexity index is 272. The summed E-state index contributed by atoms with van der Waals surface area (Å²) < 4.78 is 4.71. The van der Waals surface area contributed by atoms with Gasteiger partial charge in [-0.05, 0) is 31.1 Å². The summed E-state index contributed by atoms with van der Waals surface area (Å²) in [5.41, 5.74) is 0. The van der Waals surface area contributed by atoms with Crippen molar-refractivity contribution in [3.8, 4) is 0 Å². The highest BCUT2D eigenvalue weighted by Crippen LogP contribution is 2.29. The smallest absolute Gasteiger partial charge is 0.328 e. The quantitative estimate of drug-likeness (QED) is 0.722. The van der Waals surface area contributed by atoms with Gasteiger partial charge in [0.1, 0.15) is 6.04 Å². The molecule has 1 aliphatic rings. The van der Waals surface area contributed by atoms with Crippen LogP contribution in [0.1, 0.15) is 46.0 Å². The van der Waals surface area contributed by atoms with E-state index in [1.165, 1.54) is 13.5 Å². The van der Waals surface area contributed by atoms with Crippen LogP contribution in [0.4, 0.5) is 0 Å². The molecule has 98 valence electrons. The zero-order chi connectivity index (χ0) is 12.8. The molecule has 1 unspecified atom stereocenters. The highest BCUT2D eigenvalue weighted by atomic mass is 16.5. The molecule has 4 nitrogen and oxygen atoms in total. The minimum atomic E-state index is -0.493. The molecule has 0 saturated heterocycles. The van der Waals surface area contributed by atoms with E-state index in [0.717, 1.165) is 12.8 Å². The fourth-order valence-corrected chi connectivity index (χ4v) is 2.04. The summed E-state index contributed by atoms with van der Waals surface area (Å²) in [5.74, 6) is 0.502. The summed E-state index contributed by atoms with van der Waals surface area (Å²) in [5, 5.41) is 2.78. The van der Waals surface area contributed by atoms with Gasteiger partial charge in [0.25, 0.3) is 0 Å². The molecule has 4 heteroatoms. The van der Waals surface area contributed by atoms with Gasteiger partial charge in [-0.25, -0.2) is 4.79 Å². The van der Waals surface area contributed by atoms with Gasteiger partial charge < -0.3 is 10.1 Å². The Balaban J connectivity index is 2.40. The zero-order valence-electron chi connectivity index (χ0n) is 11.0. The molecule has 1 rings (SSSR count). The summed E-state index contributed by atoms with van der Waals surface area (Å²) in [7, 11) is 1.35. The van der Waals surface area contributed by atoms with Gasteiger partial charge in [0.2, 0.25) is 5.91 Å². The fourth-order valence-electron chi connectivity index (χ4n) is 2.04. The second kappa shape index (κ2) is 6.62. The van der Waals surface area contributed by atoms with Gasteiger partial charge >= 0.3 is 5.97 Å². The van der Waals surface area contributed by atoms with Crippen molar-refractivity contribution in [2.75, 3.05) is 7.11 Å². The highest BCUT2D eigenvalue weighted by Gasteiger charge is 2.25. The number of hydrogen-bond acceptors (Lipinski definition) is 3. The third kappa shape index (κ3) is 4.75. The zero-order valence-corrected chi connectivity index (χ0v) is 11.0. The summed E-state index contributed by atoms with van der Waals surface area (Å²) in [6.07, 6.45) is 4.68. The fraction of sp³-hybridized carbons (Fsp3) is 0.846. The minimum Gasteiger partial charge on any atom is -0.467 e. The predicted molar refractivity (Wildman–Crippen MR) is 65.4 cm³/mol. The van der Waals surface area contributed by atoms with E-state index in [-0.39, 0.29) is 11.9 Å². The largest absolute Gasteiger partial charge is 0.467 e. The van der Waals surface area contributed by atoms with E-state index < -0.39 is 6.04 Å². The molecule has 0 spiro atoms. The van der Waals surface area contributed by atoms with E-state index in [1.807, 2.05) is 13.8 Å². The minimum absolute atomic E-state index is 0.0225. The van der Waals surface area contributed by atoms with Crippen LogP contribution < -0.4 is 5.32 Å². The van der Waals surface area contributed by atoms with Crippen LogP contribution in [0.3, 0.4) is 0 Å². The lowest BCUT2D eigenvalue weighted by Crippen LogP contribution is -2.43. The van der Waals surface area contributed by atoms with E-state index >= 15 is 0 Å². The highest BCUT2D eigenvalue weighted by molar-refractivity contribution is 5.84. The van der Waals surface area contributed by atoms with E-state index in [2.05, 4.69) is 5.32 Å². The van der Waals surface area contributed by atoms with Crippen molar-refractivity contribution >= 4 is 11.9 Å². The second-order valence-corrected chi connectivity index (χ2v) is 5.27. The normalized spacial score (nSPS) is 17.4. The monoisotopic (exact) mass is 241 g/mol. The molecule has 1 N–H and O–H groups in total. The number of hydrogen-bond donors (Lipinski definition) is 1. The van der Waals surface area contributed by atoms with E-state index in [1.54, 1.807) is 0 Å². The number of nitrogens with one attached hydrogen (secondary N) is 1. The molecule has 1 amide bonds. The third-order valence-electron chi connectivity index (χ3n) is 3.23. The molecule has 0 aromatic rings. The van der Waals surface area contributed by atoms with Crippen molar-refractivity contribution in [2.45, 2.75) is 52.0 Å². The summed E-state index contributed by atoms with van der Waals surface area (Å²) in [6.45, 7) is 4.04. The number of ether oxygens (including phenoxy) is 1. The number of rotatable bonds is 6. The van der Waals surface area contributed by atoms with E-state index in [9.17, 15) is 9.59 Å². The average Bonchev–Trinajstić information content (AvgIpc) is 2.21. The molecule has 0 heterocycles. The average molecular weight is 241 g/mol. The van der Waals surface area contributed by atoms with Gasteiger partial charge in [0.15, 0.2) is 0 Å². The Morgan fingerprint density at radius 1 is 1.35 bits per heavy atom. The van der Waals surface area contributed by atoms with Crippen LogP contribution in [-0.2, 0) is 14.3 Å².